The Bertz CT molecular complexity index is 1140. The van der Waals surface area contributed by atoms with Crippen molar-refractivity contribution in [3.05, 3.63) is 82.4 Å². The van der Waals surface area contributed by atoms with E-state index in [0.29, 0.717) is 5.56 Å². The number of carbonyl (C=O) groups is 4. The third-order valence-electron chi connectivity index (χ3n) is 6.69. The first-order valence-corrected chi connectivity index (χ1v) is 11.0. The number of aryl methyl sites for hydroxylation is 1. The van der Waals surface area contributed by atoms with Gasteiger partial charge in [0.1, 0.15) is 6.54 Å². The summed E-state index contributed by atoms with van der Waals surface area (Å²) in [5.74, 6) is -2.83. The molecule has 32 heavy (non-hydrogen) atoms. The van der Waals surface area contributed by atoms with Crippen LogP contribution in [0.25, 0.3) is 0 Å². The summed E-state index contributed by atoms with van der Waals surface area (Å²) in [6.45, 7) is 1.47. The van der Waals surface area contributed by atoms with Crippen LogP contribution in [0.3, 0.4) is 0 Å². The van der Waals surface area contributed by atoms with Crippen molar-refractivity contribution >= 4 is 35.1 Å². The van der Waals surface area contributed by atoms with Gasteiger partial charge in [-0.25, -0.2) is 5.01 Å². The molecule has 162 valence electrons. The van der Waals surface area contributed by atoms with Crippen LogP contribution in [0.1, 0.15) is 32.7 Å². The molecule has 0 unspecified atom stereocenters. The second-order valence-corrected chi connectivity index (χ2v) is 9.03. The number of fused-ring (bicyclic) bond motifs is 5. The molecule has 1 heterocycles. The van der Waals surface area contributed by atoms with Crippen molar-refractivity contribution in [3.63, 3.8) is 0 Å². The van der Waals surface area contributed by atoms with Crippen LogP contribution in [0.2, 0.25) is 5.02 Å². The minimum atomic E-state index is -0.655. The molecule has 5 rings (SSSR count). The van der Waals surface area contributed by atoms with E-state index in [1.807, 2.05) is 19.1 Å². The van der Waals surface area contributed by atoms with Crippen molar-refractivity contribution in [2.24, 2.45) is 23.7 Å². The summed E-state index contributed by atoms with van der Waals surface area (Å²) in [5, 5.41) is 2.07. The lowest BCUT2D eigenvalue weighted by Gasteiger charge is -2.31. The van der Waals surface area contributed by atoms with Gasteiger partial charge in [0.25, 0.3) is 17.7 Å². The number of ketones is 1. The number of hydrazine groups is 1. The largest absolute Gasteiger partial charge is 0.292 e. The number of imide groups is 1. The van der Waals surface area contributed by atoms with Gasteiger partial charge >= 0.3 is 0 Å². The van der Waals surface area contributed by atoms with Crippen LogP contribution in [-0.4, -0.2) is 40.1 Å². The van der Waals surface area contributed by atoms with Gasteiger partial charge in [-0.05, 0) is 37.3 Å². The fourth-order valence-electron chi connectivity index (χ4n) is 5.10. The highest BCUT2D eigenvalue weighted by atomic mass is 35.5. The lowest BCUT2D eigenvalue weighted by atomic mass is 9.85. The van der Waals surface area contributed by atoms with Gasteiger partial charge in [-0.3, -0.25) is 19.2 Å². The SMILES string of the molecule is Cc1ccc(C(=O)CN(C(=O)c2ccccc2Cl)N2C(=O)[C@H]3[C@H](C2=O)[C@H]2C=C[C@H]3C2)cc1. The van der Waals surface area contributed by atoms with Crippen molar-refractivity contribution in [1.82, 2.24) is 10.0 Å². The van der Waals surface area contributed by atoms with Gasteiger partial charge in [0.2, 0.25) is 0 Å². The Balaban J connectivity index is 1.51. The Morgan fingerprint density at radius 2 is 1.56 bits per heavy atom. The van der Waals surface area contributed by atoms with Crippen molar-refractivity contribution in [3.8, 4) is 0 Å². The summed E-state index contributed by atoms with van der Waals surface area (Å²) < 4.78 is 0. The number of nitrogens with zero attached hydrogens (tertiary/aromatic N) is 2. The molecule has 2 aromatic carbocycles. The van der Waals surface area contributed by atoms with Crippen molar-refractivity contribution in [1.29, 1.82) is 0 Å². The Morgan fingerprint density at radius 3 is 2.16 bits per heavy atom. The van der Waals surface area contributed by atoms with E-state index < -0.39 is 36.1 Å². The molecule has 1 saturated heterocycles. The second-order valence-electron chi connectivity index (χ2n) is 8.62. The number of hydrogen-bond donors (Lipinski definition) is 0. The molecule has 0 spiro atoms. The monoisotopic (exact) mass is 448 g/mol. The summed E-state index contributed by atoms with van der Waals surface area (Å²) in [4.78, 5) is 53.2. The van der Waals surface area contributed by atoms with Gasteiger partial charge in [0, 0.05) is 5.56 Å². The topological polar surface area (TPSA) is 74.8 Å². The van der Waals surface area contributed by atoms with Crippen LogP contribution in [0.4, 0.5) is 0 Å². The zero-order chi connectivity index (χ0) is 22.6. The molecule has 4 atom stereocenters. The molecule has 7 heteroatoms. The van der Waals surface area contributed by atoms with Gasteiger partial charge in [0.05, 0.1) is 22.4 Å². The van der Waals surface area contributed by atoms with E-state index in [9.17, 15) is 19.2 Å². The third kappa shape index (κ3) is 3.17. The summed E-state index contributed by atoms with van der Waals surface area (Å²) in [5.41, 5.74) is 1.52. The Morgan fingerprint density at radius 1 is 0.969 bits per heavy atom. The molecule has 1 saturated carbocycles. The molecular formula is C25H21ClN2O4. The van der Waals surface area contributed by atoms with E-state index in [1.165, 1.54) is 6.07 Å². The molecular weight excluding hydrogens is 428 g/mol. The second kappa shape index (κ2) is 7.71. The highest BCUT2D eigenvalue weighted by Crippen LogP contribution is 2.52. The lowest BCUT2D eigenvalue weighted by molar-refractivity contribution is -0.154. The van der Waals surface area contributed by atoms with Crippen molar-refractivity contribution < 1.29 is 19.2 Å². The van der Waals surface area contributed by atoms with Gasteiger partial charge < -0.3 is 0 Å². The first-order chi connectivity index (χ1) is 15.4. The minimum absolute atomic E-state index is 0.00323. The highest BCUT2D eigenvalue weighted by Gasteiger charge is 2.61. The first kappa shape index (κ1) is 20.6. The van der Waals surface area contributed by atoms with E-state index in [-0.39, 0.29) is 28.2 Å². The quantitative estimate of drug-likeness (QED) is 0.397. The van der Waals surface area contributed by atoms with E-state index in [0.717, 1.165) is 22.0 Å². The average Bonchev–Trinajstić information content (AvgIpc) is 3.46. The predicted molar refractivity (Wildman–Crippen MR) is 118 cm³/mol. The van der Waals surface area contributed by atoms with Crippen LogP contribution in [0, 0.1) is 30.6 Å². The molecule has 3 amide bonds. The number of hydrogen-bond acceptors (Lipinski definition) is 4. The Kier molecular flexibility index (Phi) is 4.97. The number of allylic oxidation sites excluding steroid dienone is 2. The summed E-state index contributed by atoms with van der Waals surface area (Å²) >= 11 is 6.23. The highest BCUT2D eigenvalue weighted by molar-refractivity contribution is 6.34. The third-order valence-corrected chi connectivity index (χ3v) is 7.02. The van der Waals surface area contributed by atoms with E-state index in [2.05, 4.69) is 0 Å². The van der Waals surface area contributed by atoms with Gasteiger partial charge in [0.15, 0.2) is 5.78 Å². The van der Waals surface area contributed by atoms with Crippen LogP contribution >= 0.6 is 11.6 Å². The predicted octanol–water partition coefficient (Wildman–Crippen LogP) is 3.70. The number of Topliss-reactive ketones (excluding diaryl/α,β-unsaturated/α-hetero) is 1. The summed E-state index contributed by atoms with van der Waals surface area (Å²) in [6, 6.07) is 13.3. The molecule has 6 nitrogen and oxygen atoms in total. The Hall–Kier alpha value is -3.25. The van der Waals surface area contributed by atoms with E-state index in [4.69, 9.17) is 11.6 Å². The van der Waals surface area contributed by atoms with Gasteiger partial charge in [-0.15, -0.1) is 0 Å². The molecule has 2 fully saturated rings. The van der Waals surface area contributed by atoms with Crippen molar-refractivity contribution in [2.45, 2.75) is 13.3 Å². The molecule has 0 radical (unpaired) electrons. The zero-order valence-corrected chi connectivity index (χ0v) is 18.2. The molecule has 2 aromatic rings. The maximum Gasteiger partial charge on any atom is 0.274 e. The maximum atomic E-state index is 13.5. The average molecular weight is 449 g/mol. The van der Waals surface area contributed by atoms with E-state index >= 15 is 0 Å². The van der Waals surface area contributed by atoms with Crippen LogP contribution < -0.4 is 0 Å². The minimum Gasteiger partial charge on any atom is -0.292 e. The smallest absolute Gasteiger partial charge is 0.274 e. The number of amides is 3. The maximum absolute atomic E-state index is 13.5. The standard InChI is InChI=1S/C25H21ClN2O4/c1-14-6-8-15(9-7-14)20(29)13-27(23(30)18-4-2-3-5-19(18)26)28-24(31)21-16-10-11-17(12-16)22(21)25(28)32/h2-11,16-17,21-22H,12-13H2,1H3/t16-,17-,21+,22+/m0/s1. The summed E-state index contributed by atoms with van der Waals surface area (Å²) in [7, 11) is 0. The number of rotatable bonds is 5. The number of carbonyl (C=O) groups excluding carboxylic acids is 4. The molecule has 0 N–H and O–H groups in total. The zero-order valence-electron chi connectivity index (χ0n) is 17.4. The van der Waals surface area contributed by atoms with Gasteiger partial charge in [-0.2, -0.15) is 5.01 Å². The molecule has 1 aliphatic heterocycles. The van der Waals surface area contributed by atoms with Gasteiger partial charge in [-0.1, -0.05) is 65.7 Å². The first-order valence-electron chi connectivity index (χ1n) is 10.6. The van der Waals surface area contributed by atoms with Crippen LogP contribution in [0.5, 0.6) is 0 Å². The number of halogens is 1. The molecule has 2 bridgehead atoms. The fourth-order valence-corrected chi connectivity index (χ4v) is 5.31. The van der Waals surface area contributed by atoms with Crippen LogP contribution in [0.15, 0.2) is 60.7 Å². The fraction of sp³-hybridized carbons (Fsp3) is 0.280. The molecule has 0 aromatic heterocycles. The Labute approximate surface area is 190 Å². The summed E-state index contributed by atoms with van der Waals surface area (Å²) in [6.07, 6.45) is 4.75. The van der Waals surface area contributed by atoms with E-state index in [1.54, 1.807) is 42.5 Å². The van der Waals surface area contributed by atoms with Crippen molar-refractivity contribution in [2.75, 3.05) is 6.54 Å². The molecule has 2 aliphatic carbocycles. The number of benzene rings is 2. The molecule has 3 aliphatic rings. The van der Waals surface area contributed by atoms with Crippen LogP contribution in [-0.2, 0) is 9.59 Å². The normalized spacial score (nSPS) is 25.4. The lowest BCUT2D eigenvalue weighted by Crippen LogP contribution is -2.52.